The molecule has 0 aliphatic heterocycles. The van der Waals surface area contributed by atoms with Crippen LogP contribution in [0.3, 0.4) is 0 Å². The van der Waals surface area contributed by atoms with Gasteiger partial charge in [-0.2, -0.15) is 8.42 Å². The lowest BCUT2D eigenvalue weighted by atomic mass is 10.2. The Morgan fingerprint density at radius 3 is 1.33 bits per heavy atom. The maximum absolute atomic E-state index is 14.7. The second-order valence-corrected chi connectivity index (χ2v) is 12.1. The van der Waals surface area contributed by atoms with Crippen molar-refractivity contribution in [2.45, 2.75) is 33.4 Å². The maximum atomic E-state index is 14.7. The third-order valence-electron chi connectivity index (χ3n) is 5.46. The first-order valence-corrected chi connectivity index (χ1v) is 13.5. The zero-order valence-electron chi connectivity index (χ0n) is 18.9. The molecule has 4 rings (SSSR count). The predicted molar refractivity (Wildman–Crippen MR) is 126 cm³/mol. The molecule has 0 radical (unpaired) electrons. The maximum Gasteiger partial charge on any atom is 0.313 e. The van der Waals surface area contributed by atoms with Gasteiger partial charge >= 0.3 is 10.1 Å². The van der Waals surface area contributed by atoms with Crippen molar-refractivity contribution in [2.75, 3.05) is 0 Å². The van der Waals surface area contributed by atoms with Crippen LogP contribution in [0.1, 0.15) is 11.1 Å². The van der Waals surface area contributed by atoms with E-state index in [1.807, 2.05) is 0 Å². The number of halogens is 5. The fraction of sp³-hybridized carbons (Fsp3) is 0.0769. The Morgan fingerprint density at radius 1 is 0.528 bits per heavy atom. The number of benzene rings is 4. The molecule has 188 valence electrons. The van der Waals surface area contributed by atoms with E-state index >= 15 is 0 Å². The summed E-state index contributed by atoms with van der Waals surface area (Å²) in [7, 11) is -8.91. The molecule has 10 heteroatoms. The smallest absolute Gasteiger partial charge is 0.203 e. The molecule has 4 aromatic rings. The van der Waals surface area contributed by atoms with Crippen molar-refractivity contribution in [3.8, 4) is 0 Å². The fourth-order valence-corrected chi connectivity index (χ4v) is 9.67. The highest BCUT2D eigenvalue weighted by molar-refractivity contribution is 8.33. The van der Waals surface area contributed by atoms with Crippen LogP contribution in [0, 0.1) is 42.9 Å². The van der Waals surface area contributed by atoms with Crippen molar-refractivity contribution in [1.29, 1.82) is 0 Å². The average Bonchev–Trinajstić information content (AvgIpc) is 2.86. The van der Waals surface area contributed by atoms with Crippen molar-refractivity contribution in [3.63, 3.8) is 0 Å². The van der Waals surface area contributed by atoms with E-state index < -0.39 is 54.4 Å². The van der Waals surface area contributed by atoms with Crippen LogP contribution in [0.2, 0.25) is 0 Å². The molecule has 36 heavy (non-hydrogen) atoms. The van der Waals surface area contributed by atoms with Gasteiger partial charge in [-0.25, -0.2) is 25.6 Å². The molecule has 0 aliphatic rings. The van der Waals surface area contributed by atoms with Gasteiger partial charge in [0.05, 0.1) is 0 Å². The van der Waals surface area contributed by atoms with Gasteiger partial charge in [0.2, 0.25) is 5.82 Å². The largest absolute Gasteiger partial charge is 0.313 e. The van der Waals surface area contributed by atoms with E-state index in [9.17, 15) is 30.4 Å². The van der Waals surface area contributed by atoms with Crippen molar-refractivity contribution >= 4 is 20.4 Å². The van der Waals surface area contributed by atoms with Crippen LogP contribution in [0.4, 0.5) is 22.0 Å². The zero-order valence-corrected chi connectivity index (χ0v) is 20.6. The molecule has 0 amide bonds. The molecule has 0 aliphatic carbocycles. The number of aryl methyl sites for hydroxylation is 2. The number of hydrogen-bond acceptors (Lipinski definition) is 3. The summed E-state index contributed by atoms with van der Waals surface area (Å²) in [4.78, 5) is -0.967. The average molecular weight is 539 g/mol. The van der Waals surface area contributed by atoms with Gasteiger partial charge < -0.3 is 0 Å². The minimum atomic E-state index is -5.58. The monoisotopic (exact) mass is 538 g/mol. The second kappa shape index (κ2) is 9.68. The standard InChI is InChI=1S/C26H19F5O3S2/c1-16-10-9-11-17(2)25(16)35(18-12-5-3-6-13-18,19-14-7-4-8-15-19)34-36(32,33)26-23(30)21(28)20(27)22(29)24(26)31/h3-15H,1-2H3. The topological polar surface area (TPSA) is 43.4 Å². The predicted octanol–water partition coefficient (Wildman–Crippen LogP) is 7.60. The van der Waals surface area contributed by atoms with E-state index in [0.717, 1.165) is 0 Å². The third-order valence-corrected chi connectivity index (χ3v) is 10.9. The van der Waals surface area contributed by atoms with E-state index in [2.05, 4.69) is 0 Å². The summed E-state index contributed by atoms with van der Waals surface area (Å²) < 4.78 is 104. The quantitative estimate of drug-likeness (QED) is 0.144. The summed E-state index contributed by atoms with van der Waals surface area (Å²) in [6.07, 6.45) is 0. The summed E-state index contributed by atoms with van der Waals surface area (Å²) in [5.74, 6) is -12.2. The molecule has 0 fully saturated rings. The molecule has 0 aromatic heterocycles. The van der Waals surface area contributed by atoms with Crippen molar-refractivity contribution in [1.82, 2.24) is 0 Å². The van der Waals surface area contributed by atoms with Gasteiger partial charge in [-0.15, -0.1) is 0 Å². The Kier molecular flexibility index (Phi) is 6.96. The Balaban J connectivity index is 2.13. The van der Waals surface area contributed by atoms with Crippen molar-refractivity contribution in [2.24, 2.45) is 0 Å². The molecule has 3 nitrogen and oxygen atoms in total. The summed E-state index contributed by atoms with van der Waals surface area (Å²) in [6, 6.07) is 21.4. The zero-order chi connectivity index (χ0) is 26.3. The van der Waals surface area contributed by atoms with Gasteiger partial charge in [-0.3, -0.25) is 0 Å². The van der Waals surface area contributed by atoms with Crippen molar-refractivity contribution in [3.05, 3.63) is 119 Å². The second-order valence-electron chi connectivity index (χ2n) is 7.82. The highest BCUT2D eigenvalue weighted by Gasteiger charge is 2.43. The van der Waals surface area contributed by atoms with E-state index in [1.165, 1.54) is 0 Å². The normalized spacial score (nSPS) is 12.5. The molecule has 0 heterocycles. The molecule has 0 unspecified atom stereocenters. The molecule has 0 N–H and O–H groups in total. The first kappa shape index (κ1) is 25.9. The lowest BCUT2D eigenvalue weighted by molar-refractivity contribution is 0.354. The highest BCUT2D eigenvalue weighted by Crippen LogP contribution is 2.71. The number of hydrogen-bond donors (Lipinski definition) is 0. The first-order valence-electron chi connectivity index (χ1n) is 10.5. The first-order chi connectivity index (χ1) is 17.0. The summed E-state index contributed by atoms with van der Waals surface area (Å²) in [6.45, 7) is 3.43. The molecule has 0 saturated heterocycles. The van der Waals surface area contributed by atoms with Crippen LogP contribution >= 0.6 is 10.3 Å². The Labute approximate surface area is 206 Å². The van der Waals surface area contributed by atoms with Crippen LogP contribution in [0.25, 0.3) is 0 Å². The van der Waals surface area contributed by atoms with Crippen LogP contribution in [-0.4, -0.2) is 8.42 Å². The van der Waals surface area contributed by atoms with Gasteiger partial charge in [-0.05, 0) is 59.5 Å². The molecule has 4 aromatic carbocycles. The van der Waals surface area contributed by atoms with Gasteiger partial charge in [-0.1, -0.05) is 54.6 Å². The Morgan fingerprint density at radius 2 is 0.917 bits per heavy atom. The minimum Gasteiger partial charge on any atom is -0.203 e. The molecule has 0 spiro atoms. The number of rotatable bonds is 6. The Hall–Kier alpha value is -3.21. The Bertz CT molecular complexity index is 1450. The van der Waals surface area contributed by atoms with E-state index in [1.54, 1.807) is 92.7 Å². The molecule has 0 atom stereocenters. The van der Waals surface area contributed by atoms with Gasteiger partial charge in [0.15, 0.2) is 28.2 Å². The van der Waals surface area contributed by atoms with E-state index in [-0.39, 0.29) is 0 Å². The van der Waals surface area contributed by atoms with Crippen LogP contribution in [-0.2, 0) is 13.7 Å². The molecule has 0 bridgehead atoms. The molecule has 0 saturated carbocycles. The summed E-state index contributed by atoms with van der Waals surface area (Å²) in [5, 5.41) is 0. The fourth-order valence-electron chi connectivity index (χ4n) is 3.93. The summed E-state index contributed by atoms with van der Waals surface area (Å²) >= 11 is 0. The lowest BCUT2D eigenvalue weighted by Crippen LogP contribution is -2.20. The minimum absolute atomic E-state index is 0.334. The van der Waals surface area contributed by atoms with Gasteiger partial charge in [0, 0.05) is 14.7 Å². The van der Waals surface area contributed by atoms with Crippen LogP contribution < -0.4 is 0 Å². The summed E-state index contributed by atoms with van der Waals surface area (Å²) in [5.41, 5.74) is 1.20. The van der Waals surface area contributed by atoms with Gasteiger partial charge in [0.25, 0.3) is 0 Å². The lowest BCUT2D eigenvalue weighted by Gasteiger charge is -2.41. The van der Waals surface area contributed by atoms with E-state index in [4.69, 9.17) is 3.63 Å². The highest BCUT2D eigenvalue weighted by atomic mass is 32.3. The van der Waals surface area contributed by atoms with E-state index in [0.29, 0.717) is 25.8 Å². The SMILES string of the molecule is Cc1cccc(C)c1S(OS(=O)(=O)c1c(F)c(F)c(F)c(F)c1F)(c1ccccc1)c1ccccc1. The molecular weight excluding hydrogens is 519 g/mol. The van der Waals surface area contributed by atoms with Crippen LogP contribution in [0.15, 0.2) is 98.4 Å². The molecular formula is C26H19F5O3S2. The van der Waals surface area contributed by atoms with Gasteiger partial charge in [0.1, 0.15) is 0 Å². The van der Waals surface area contributed by atoms with Crippen molar-refractivity contribution < 1.29 is 34.0 Å². The third kappa shape index (κ3) is 4.19. The van der Waals surface area contributed by atoms with Crippen LogP contribution in [0.5, 0.6) is 0 Å².